The molecule has 0 aromatic carbocycles. The minimum absolute atomic E-state index is 0.00712. The Morgan fingerprint density at radius 3 is 2.67 bits per heavy atom. The second-order valence-electron chi connectivity index (χ2n) is 3.56. The smallest absolute Gasteiger partial charge is 0.337 e. The zero-order chi connectivity index (χ0) is 13.8. The second kappa shape index (κ2) is 5.65. The van der Waals surface area contributed by atoms with Crippen LogP contribution in [0, 0.1) is 0 Å². The fraction of sp³-hybridized carbons (Fsp3) is 0.333. The first-order valence-corrected chi connectivity index (χ1v) is 6.86. The van der Waals surface area contributed by atoms with Crippen molar-refractivity contribution in [2.45, 2.75) is 0 Å². The Labute approximate surface area is 104 Å². The third-order valence-electron chi connectivity index (χ3n) is 1.95. The van der Waals surface area contributed by atoms with Crippen LogP contribution in [0.1, 0.15) is 10.4 Å². The zero-order valence-corrected chi connectivity index (χ0v) is 10.5. The number of hydrogen-bond donors (Lipinski definition) is 4. The van der Waals surface area contributed by atoms with E-state index in [4.69, 9.17) is 10.8 Å². The summed E-state index contributed by atoms with van der Waals surface area (Å²) in [6, 6.07) is 1.28. The molecule has 1 aromatic rings. The van der Waals surface area contributed by atoms with Crippen molar-refractivity contribution in [3.8, 4) is 0 Å². The van der Waals surface area contributed by atoms with Crippen molar-refractivity contribution in [3.05, 3.63) is 17.8 Å². The van der Waals surface area contributed by atoms with Gasteiger partial charge >= 0.3 is 5.97 Å². The predicted octanol–water partition coefficient (Wildman–Crippen LogP) is -0.677. The largest absolute Gasteiger partial charge is 0.478 e. The van der Waals surface area contributed by atoms with E-state index in [0.29, 0.717) is 5.82 Å². The second-order valence-corrected chi connectivity index (χ2v) is 5.39. The lowest BCUT2D eigenvalue weighted by Crippen LogP contribution is -2.28. The minimum atomic E-state index is -3.23. The summed E-state index contributed by atoms with van der Waals surface area (Å²) in [7, 11) is -3.23. The van der Waals surface area contributed by atoms with E-state index in [1.54, 1.807) is 0 Å². The predicted molar refractivity (Wildman–Crippen MR) is 66.9 cm³/mol. The molecule has 0 atom stereocenters. The molecule has 0 bridgehead atoms. The van der Waals surface area contributed by atoms with E-state index in [-0.39, 0.29) is 24.3 Å². The molecule has 0 saturated heterocycles. The van der Waals surface area contributed by atoms with E-state index >= 15 is 0 Å². The number of carbonyl (C=O) groups is 1. The lowest BCUT2D eigenvalue weighted by Gasteiger charge is -2.08. The van der Waals surface area contributed by atoms with E-state index < -0.39 is 16.0 Å². The van der Waals surface area contributed by atoms with Crippen molar-refractivity contribution in [2.24, 2.45) is 0 Å². The summed E-state index contributed by atoms with van der Waals surface area (Å²) >= 11 is 0. The lowest BCUT2D eigenvalue weighted by molar-refractivity contribution is 0.0696. The summed E-state index contributed by atoms with van der Waals surface area (Å²) < 4.78 is 23.9. The Morgan fingerprint density at radius 1 is 1.50 bits per heavy atom. The van der Waals surface area contributed by atoms with Gasteiger partial charge in [0, 0.05) is 19.3 Å². The number of nitrogen functional groups attached to an aromatic ring is 1. The number of aromatic carboxylic acids is 1. The number of rotatable bonds is 6. The number of pyridine rings is 1. The molecule has 9 heteroatoms. The molecule has 0 aliphatic carbocycles. The first-order valence-electron chi connectivity index (χ1n) is 4.97. The van der Waals surface area contributed by atoms with E-state index in [0.717, 1.165) is 6.26 Å². The van der Waals surface area contributed by atoms with Gasteiger partial charge in [0.15, 0.2) is 0 Å². The van der Waals surface area contributed by atoms with Gasteiger partial charge < -0.3 is 16.2 Å². The number of nitrogens with zero attached hydrogens (tertiary/aromatic N) is 1. The first-order chi connectivity index (χ1) is 8.29. The maximum absolute atomic E-state index is 10.8. The Balaban J connectivity index is 2.56. The molecule has 1 rings (SSSR count). The van der Waals surface area contributed by atoms with Crippen LogP contribution in [0.5, 0.6) is 0 Å². The Kier molecular flexibility index (Phi) is 4.45. The molecular formula is C9H14N4O4S. The minimum Gasteiger partial charge on any atom is -0.478 e. The molecule has 18 heavy (non-hydrogen) atoms. The van der Waals surface area contributed by atoms with Crippen LogP contribution in [-0.4, -0.2) is 43.8 Å². The van der Waals surface area contributed by atoms with Gasteiger partial charge in [0.05, 0.1) is 17.5 Å². The van der Waals surface area contributed by atoms with E-state index in [2.05, 4.69) is 15.0 Å². The molecule has 0 amide bonds. The van der Waals surface area contributed by atoms with Crippen LogP contribution >= 0.6 is 0 Å². The summed E-state index contributed by atoms with van der Waals surface area (Å²) in [5.74, 6) is -0.796. The Hall–Kier alpha value is -1.87. The summed E-state index contributed by atoms with van der Waals surface area (Å²) in [6.45, 7) is 0.470. The van der Waals surface area contributed by atoms with E-state index in [9.17, 15) is 13.2 Å². The highest BCUT2D eigenvalue weighted by Crippen LogP contribution is 2.15. The van der Waals surface area contributed by atoms with Gasteiger partial charge in [-0.3, -0.25) is 0 Å². The van der Waals surface area contributed by atoms with Crippen LogP contribution in [-0.2, 0) is 10.0 Å². The number of nitrogens with one attached hydrogen (secondary N) is 2. The van der Waals surface area contributed by atoms with Crippen LogP contribution in [0.15, 0.2) is 12.3 Å². The standard InChI is InChI=1S/C9H14N4O4S/c1-18(16,17)13-3-2-11-8-7(10)4-6(5-12-8)9(14)15/h4-5,13H,2-3,10H2,1H3,(H,11,12)(H,14,15). The Bertz CT molecular complexity index is 543. The number of carboxylic acid groups (broad SMARTS) is 1. The monoisotopic (exact) mass is 274 g/mol. The van der Waals surface area contributed by atoms with Gasteiger partial charge in [0.2, 0.25) is 10.0 Å². The van der Waals surface area contributed by atoms with Crippen molar-refractivity contribution in [3.63, 3.8) is 0 Å². The number of anilines is 2. The van der Waals surface area contributed by atoms with Crippen LogP contribution in [0.3, 0.4) is 0 Å². The Morgan fingerprint density at radius 2 is 2.17 bits per heavy atom. The maximum atomic E-state index is 10.8. The van der Waals surface area contributed by atoms with Crippen LogP contribution in [0.2, 0.25) is 0 Å². The molecule has 0 spiro atoms. The molecule has 100 valence electrons. The summed E-state index contributed by atoms with van der Waals surface area (Å²) in [5, 5.41) is 11.5. The number of hydrogen-bond acceptors (Lipinski definition) is 6. The highest BCUT2D eigenvalue weighted by atomic mass is 32.2. The number of nitrogens with two attached hydrogens (primary N) is 1. The molecular weight excluding hydrogens is 260 g/mol. The van der Waals surface area contributed by atoms with E-state index in [1.165, 1.54) is 12.3 Å². The molecule has 0 fully saturated rings. The molecule has 1 aromatic heterocycles. The van der Waals surface area contributed by atoms with Gasteiger partial charge in [-0.25, -0.2) is 22.9 Å². The quantitative estimate of drug-likeness (QED) is 0.505. The van der Waals surface area contributed by atoms with Crippen molar-refractivity contribution in [1.29, 1.82) is 0 Å². The van der Waals surface area contributed by atoms with Crippen LogP contribution in [0.4, 0.5) is 11.5 Å². The molecule has 8 nitrogen and oxygen atoms in total. The third-order valence-corrected chi connectivity index (χ3v) is 2.67. The van der Waals surface area contributed by atoms with Crippen molar-refractivity contribution in [1.82, 2.24) is 9.71 Å². The molecule has 0 aliphatic rings. The fourth-order valence-electron chi connectivity index (χ4n) is 1.16. The molecule has 0 saturated carbocycles. The zero-order valence-electron chi connectivity index (χ0n) is 9.67. The van der Waals surface area contributed by atoms with Gasteiger partial charge in [-0.1, -0.05) is 0 Å². The highest BCUT2D eigenvalue weighted by Gasteiger charge is 2.07. The topological polar surface area (TPSA) is 134 Å². The molecule has 1 heterocycles. The lowest BCUT2D eigenvalue weighted by atomic mass is 10.2. The SMILES string of the molecule is CS(=O)(=O)NCCNc1ncc(C(=O)O)cc1N. The van der Waals surface area contributed by atoms with Crippen LogP contribution in [0.25, 0.3) is 0 Å². The van der Waals surface area contributed by atoms with E-state index in [1.807, 2.05) is 0 Å². The summed E-state index contributed by atoms with van der Waals surface area (Å²) in [6.07, 6.45) is 2.23. The van der Waals surface area contributed by atoms with Gasteiger partial charge in [-0.15, -0.1) is 0 Å². The molecule has 0 radical (unpaired) electrons. The van der Waals surface area contributed by atoms with Gasteiger partial charge in [0.25, 0.3) is 0 Å². The highest BCUT2D eigenvalue weighted by molar-refractivity contribution is 7.88. The average Bonchev–Trinajstić information content (AvgIpc) is 2.24. The molecule has 0 unspecified atom stereocenters. The fourth-order valence-corrected chi connectivity index (χ4v) is 1.64. The number of aromatic nitrogens is 1. The normalized spacial score (nSPS) is 11.2. The summed E-state index contributed by atoms with van der Waals surface area (Å²) in [4.78, 5) is 14.5. The van der Waals surface area contributed by atoms with Crippen molar-refractivity contribution in [2.75, 3.05) is 30.4 Å². The molecule has 5 N–H and O–H groups in total. The number of carboxylic acids is 1. The number of sulfonamides is 1. The van der Waals surface area contributed by atoms with Crippen molar-refractivity contribution < 1.29 is 18.3 Å². The van der Waals surface area contributed by atoms with Gasteiger partial charge in [-0.05, 0) is 6.07 Å². The first kappa shape index (κ1) is 14.2. The third kappa shape index (κ3) is 4.55. The summed E-state index contributed by atoms with van der Waals surface area (Å²) in [5.41, 5.74) is 5.78. The van der Waals surface area contributed by atoms with Gasteiger partial charge in [-0.2, -0.15) is 0 Å². The maximum Gasteiger partial charge on any atom is 0.337 e. The average molecular weight is 274 g/mol. The molecule has 0 aliphatic heterocycles. The van der Waals surface area contributed by atoms with Gasteiger partial charge in [0.1, 0.15) is 5.82 Å². The van der Waals surface area contributed by atoms with Crippen molar-refractivity contribution >= 4 is 27.5 Å². The van der Waals surface area contributed by atoms with Crippen LogP contribution < -0.4 is 15.8 Å².